The summed E-state index contributed by atoms with van der Waals surface area (Å²) in [6, 6.07) is 2.76. The van der Waals surface area contributed by atoms with Crippen LogP contribution < -0.4 is 0 Å². The fourth-order valence-corrected chi connectivity index (χ4v) is 4.15. The minimum Gasteiger partial charge on any atom is -0.379 e. The van der Waals surface area contributed by atoms with Crippen molar-refractivity contribution in [3.05, 3.63) is 0 Å². The van der Waals surface area contributed by atoms with E-state index in [1.54, 1.807) is 0 Å². The summed E-state index contributed by atoms with van der Waals surface area (Å²) < 4.78 is 5.42. The monoisotopic (exact) mass is 291 g/mol. The zero-order valence-corrected chi connectivity index (χ0v) is 12.9. The van der Waals surface area contributed by atoms with E-state index in [-0.39, 0.29) is 5.91 Å². The molecule has 1 aliphatic carbocycles. The number of likely N-dealkylation sites (tertiary alicyclic amines) is 1. The molecule has 5 heteroatoms. The maximum absolute atomic E-state index is 12.8. The summed E-state index contributed by atoms with van der Waals surface area (Å²) in [6.45, 7) is 7.30. The molecule has 2 aliphatic heterocycles. The lowest BCUT2D eigenvalue weighted by Crippen LogP contribution is -2.48. The molecule has 3 fully saturated rings. The molecule has 0 N–H and O–H groups in total. The second kappa shape index (κ2) is 5.94. The predicted octanol–water partition coefficient (Wildman–Crippen LogP) is 1.25. The normalized spacial score (nSPS) is 33.0. The van der Waals surface area contributed by atoms with Gasteiger partial charge in [0.25, 0.3) is 0 Å². The topological polar surface area (TPSA) is 56.6 Å². The van der Waals surface area contributed by atoms with Crippen molar-refractivity contribution < 1.29 is 9.53 Å². The molecule has 0 aromatic rings. The number of nitriles is 1. The van der Waals surface area contributed by atoms with Gasteiger partial charge in [-0.3, -0.25) is 9.69 Å². The third-order valence-corrected chi connectivity index (χ3v) is 5.46. The average Bonchev–Trinajstić information content (AvgIpc) is 3.15. The van der Waals surface area contributed by atoms with Gasteiger partial charge in [0.05, 0.1) is 19.3 Å². The van der Waals surface area contributed by atoms with E-state index in [1.807, 2.05) is 4.90 Å². The molecule has 1 amide bonds. The van der Waals surface area contributed by atoms with Gasteiger partial charge in [0.1, 0.15) is 5.41 Å². The van der Waals surface area contributed by atoms with Crippen molar-refractivity contribution in [1.29, 1.82) is 5.26 Å². The highest BCUT2D eigenvalue weighted by Crippen LogP contribution is 2.40. The van der Waals surface area contributed by atoms with Crippen molar-refractivity contribution in [3.63, 3.8) is 0 Å². The highest BCUT2D eigenvalue weighted by molar-refractivity contribution is 5.86. The quantitative estimate of drug-likeness (QED) is 0.768. The second-order valence-electron chi connectivity index (χ2n) is 6.80. The lowest BCUT2D eigenvalue weighted by molar-refractivity contribution is -0.138. The van der Waals surface area contributed by atoms with Crippen molar-refractivity contribution in [1.82, 2.24) is 9.80 Å². The van der Waals surface area contributed by atoms with E-state index in [4.69, 9.17) is 4.74 Å². The van der Waals surface area contributed by atoms with E-state index < -0.39 is 5.41 Å². The Balaban J connectivity index is 1.67. The SMILES string of the molecule is CC1CN(C(=O)C2(C#N)CCCC2)CC1N1CCOCC1. The molecule has 3 rings (SSSR count). The Morgan fingerprint density at radius 1 is 1.24 bits per heavy atom. The van der Waals surface area contributed by atoms with Crippen LogP contribution in [0.25, 0.3) is 0 Å². The van der Waals surface area contributed by atoms with E-state index in [2.05, 4.69) is 17.9 Å². The van der Waals surface area contributed by atoms with Crippen LogP contribution in [0.5, 0.6) is 0 Å². The molecule has 2 saturated heterocycles. The van der Waals surface area contributed by atoms with Gasteiger partial charge >= 0.3 is 0 Å². The summed E-state index contributed by atoms with van der Waals surface area (Å²) in [4.78, 5) is 17.2. The molecule has 2 heterocycles. The van der Waals surface area contributed by atoms with E-state index in [9.17, 15) is 10.1 Å². The van der Waals surface area contributed by atoms with Gasteiger partial charge in [0.15, 0.2) is 0 Å². The van der Waals surface area contributed by atoms with E-state index >= 15 is 0 Å². The third kappa shape index (κ3) is 2.67. The number of carbonyl (C=O) groups is 1. The summed E-state index contributed by atoms with van der Waals surface area (Å²) in [5, 5.41) is 9.50. The highest BCUT2D eigenvalue weighted by atomic mass is 16.5. The summed E-state index contributed by atoms with van der Waals surface area (Å²) in [5.74, 6) is 0.564. The van der Waals surface area contributed by atoms with Crippen molar-refractivity contribution in [2.45, 2.75) is 38.6 Å². The van der Waals surface area contributed by atoms with Crippen LogP contribution in [0.15, 0.2) is 0 Å². The zero-order valence-electron chi connectivity index (χ0n) is 12.9. The Hall–Kier alpha value is -1.12. The smallest absolute Gasteiger partial charge is 0.243 e. The molecule has 2 atom stereocenters. The van der Waals surface area contributed by atoms with Crippen LogP contribution >= 0.6 is 0 Å². The fourth-order valence-electron chi connectivity index (χ4n) is 4.15. The van der Waals surface area contributed by atoms with Crippen LogP contribution in [0.1, 0.15) is 32.6 Å². The van der Waals surface area contributed by atoms with E-state index in [1.165, 1.54) is 0 Å². The second-order valence-corrected chi connectivity index (χ2v) is 6.80. The van der Waals surface area contributed by atoms with Gasteiger partial charge in [-0.15, -0.1) is 0 Å². The zero-order chi connectivity index (χ0) is 14.9. The first kappa shape index (κ1) is 14.8. The minimum absolute atomic E-state index is 0.0881. The van der Waals surface area contributed by atoms with Crippen LogP contribution in [0.4, 0.5) is 0 Å². The average molecular weight is 291 g/mol. The van der Waals surface area contributed by atoms with Crippen molar-refractivity contribution in [2.75, 3.05) is 39.4 Å². The van der Waals surface area contributed by atoms with Crippen LogP contribution in [0.2, 0.25) is 0 Å². The molecular formula is C16H25N3O2. The number of amides is 1. The first-order valence-electron chi connectivity index (χ1n) is 8.19. The molecule has 5 nitrogen and oxygen atoms in total. The van der Waals surface area contributed by atoms with Gasteiger partial charge in [-0.05, 0) is 18.8 Å². The lowest BCUT2D eigenvalue weighted by atomic mass is 9.86. The maximum atomic E-state index is 12.8. The summed E-state index contributed by atoms with van der Waals surface area (Å²) in [6.07, 6.45) is 3.51. The molecule has 3 aliphatic rings. The molecular weight excluding hydrogens is 266 g/mol. The molecule has 0 aromatic heterocycles. The number of ether oxygens (including phenoxy) is 1. The highest BCUT2D eigenvalue weighted by Gasteiger charge is 2.47. The number of hydrogen-bond acceptors (Lipinski definition) is 4. The van der Waals surface area contributed by atoms with Gasteiger partial charge in [-0.2, -0.15) is 5.26 Å². The van der Waals surface area contributed by atoms with Crippen LogP contribution in [0, 0.1) is 22.7 Å². The summed E-state index contributed by atoms with van der Waals surface area (Å²) in [7, 11) is 0. The van der Waals surface area contributed by atoms with Gasteiger partial charge in [-0.25, -0.2) is 0 Å². The van der Waals surface area contributed by atoms with Crippen LogP contribution in [-0.4, -0.2) is 61.1 Å². The Morgan fingerprint density at radius 3 is 2.52 bits per heavy atom. The predicted molar refractivity (Wildman–Crippen MR) is 78.4 cm³/mol. The van der Waals surface area contributed by atoms with E-state index in [0.717, 1.165) is 65.1 Å². The Morgan fingerprint density at radius 2 is 1.90 bits per heavy atom. The van der Waals surface area contributed by atoms with Gasteiger partial charge in [-0.1, -0.05) is 19.8 Å². The molecule has 0 spiro atoms. The Bertz CT molecular complexity index is 433. The molecule has 0 aromatic carbocycles. The van der Waals surface area contributed by atoms with Crippen molar-refractivity contribution >= 4 is 5.91 Å². The number of carbonyl (C=O) groups excluding carboxylic acids is 1. The maximum Gasteiger partial charge on any atom is 0.243 e. The molecule has 116 valence electrons. The largest absolute Gasteiger partial charge is 0.379 e. The number of hydrogen-bond donors (Lipinski definition) is 0. The molecule has 1 saturated carbocycles. The molecule has 0 bridgehead atoms. The van der Waals surface area contributed by atoms with Crippen LogP contribution in [0.3, 0.4) is 0 Å². The third-order valence-electron chi connectivity index (χ3n) is 5.46. The molecule has 21 heavy (non-hydrogen) atoms. The number of nitrogens with zero attached hydrogens (tertiary/aromatic N) is 3. The minimum atomic E-state index is -0.723. The fraction of sp³-hybridized carbons (Fsp3) is 0.875. The Kier molecular flexibility index (Phi) is 4.19. The molecule has 0 radical (unpaired) electrons. The number of rotatable bonds is 2. The van der Waals surface area contributed by atoms with Gasteiger partial charge in [0.2, 0.25) is 5.91 Å². The lowest BCUT2D eigenvalue weighted by Gasteiger charge is -2.34. The first-order valence-corrected chi connectivity index (χ1v) is 8.19. The number of morpholine rings is 1. The van der Waals surface area contributed by atoms with Gasteiger partial charge < -0.3 is 9.64 Å². The summed E-state index contributed by atoms with van der Waals surface area (Å²) in [5.41, 5.74) is -0.723. The summed E-state index contributed by atoms with van der Waals surface area (Å²) >= 11 is 0. The van der Waals surface area contributed by atoms with Crippen molar-refractivity contribution in [2.24, 2.45) is 11.3 Å². The standard InChI is InChI=1S/C16H25N3O2/c1-13-10-19(11-14(13)18-6-8-21-9-7-18)15(20)16(12-17)4-2-3-5-16/h13-14H,2-11H2,1H3. The van der Waals surface area contributed by atoms with Gasteiger partial charge in [0, 0.05) is 32.2 Å². The Labute approximate surface area is 126 Å². The van der Waals surface area contributed by atoms with E-state index in [0.29, 0.717) is 12.0 Å². The van der Waals surface area contributed by atoms with Crippen LogP contribution in [-0.2, 0) is 9.53 Å². The molecule has 2 unspecified atom stereocenters. The van der Waals surface area contributed by atoms with Crippen molar-refractivity contribution in [3.8, 4) is 6.07 Å². The first-order chi connectivity index (χ1) is 10.2.